The van der Waals surface area contributed by atoms with Crippen molar-refractivity contribution in [2.75, 3.05) is 0 Å². The molecule has 2 aromatic rings. The highest BCUT2D eigenvalue weighted by Gasteiger charge is 2.31. The molecule has 2 N–H and O–H groups in total. The van der Waals surface area contributed by atoms with Gasteiger partial charge in [0.2, 0.25) is 0 Å². The fraction of sp³-hybridized carbons (Fsp3) is 0.167. The van der Waals surface area contributed by atoms with Gasteiger partial charge in [-0.15, -0.1) is 0 Å². The van der Waals surface area contributed by atoms with Gasteiger partial charge in [-0.05, 0) is 17.8 Å². The summed E-state index contributed by atoms with van der Waals surface area (Å²) < 4.78 is 0. The van der Waals surface area contributed by atoms with Crippen LogP contribution in [0.4, 0.5) is 0 Å². The first-order valence-corrected chi connectivity index (χ1v) is 7.86. The lowest BCUT2D eigenvalue weighted by atomic mass is 9.98. The zero-order chi connectivity index (χ0) is 16.2. The van der Waals surface area contributed by atoms with E-state index >= 15 is 0 Å². The number of carbonyl (C=O) groups is 1. The smallest absolute Gasteiger partial charge is 0.187 e. The van der Waals surface area contributed by atoms with E-state index in [1.807, 2.05) is 60.7 Å². The van der Waals surface area contributed by atoms with Gasteiger partial charge in [0, 0.05) is 18.4 Å². The molecule has 0 spiro atoms. The van der Waals surface area contributed by atoms with Crippen LogP contribution in [0.5, 0.6) is 0 Å². The van der Waals surface area contributed by atoms with Crippen molar-refractivity contribution in [3.05, 3.63) is 71.8 Å². The Morgan fingerprint density at radius 3 is 2.35 bits per heavy atom. The van der Waals surface area contributed by atoms with Crippen LogP contribution < -0.4 is 5.73 Å². The molecule has 2 aromatic carbocycles. The number of ketones is 1. The molecule has 4 nitrogen and oxygen atoms in total. The molecule has 0 radical (unpaired) electrons. The van der Waals surface area contributed by atoms with Crippen molar-refractivity contribution in [2.24, 2.45) is 10.8 Å². The van der Waals surface area contributed by atoms with E-state index in [0.29, 0.717) is 18.4 Å². The first-order valence-electron chi connectivity index (χ1n) is 7.45. The lowest BCUT2D eigenvalue weighted by Gasteiger charge is -2.20. The molecule has 1 unspecified atom stereocenters. The van der Waals surface area contributed by atoms with Crippen LogP contribution in [0, 0.1) is 0 Å². The topological polar surface area (TPSA) is 58.7 Å². The van der Waals surface area contributed by atoms with E-state index in [0.717, 1.165) is 11.3 Å². The summed E-state index contributed by atoms with van der Waals surface area (Å²) in [6.45, 7) is 0. The first kappa shape index (κ1) is 15.4. The minimum atomic E-state index is -0.129. The largest absolute Gasteiger partial charge is 0.375 e. The Morgan fingerprint density at radius 1 is 1.13 bits per heavy atom. The Labute approximate surface area is 140 Å². The van der Waals surface area contributed by atoms with E-state index in [1.54, 1.807) is 5.01 Å². The molecule has 5 heteroatoms. The molecule has 0 fully saturated rings. The van der Waals surface area contributed by atoms with Crippen LogP contribution in [0.15, 0.2) is 65.8 Å². The molecule has 0 aromatic heterocycles. The van der Waals surface area contributed by atoms with Crippen LogP contribution in [-0.2, 0) is 0 Å². The Bertz CT molecular complexity index is 743. The van der Waals surface area contributed by atoms with Crippen LogP contribution in [0.1, 0.15) is 28.8 Å². The van der Waals surface area contributed by atoms with E-state index < -0.39 is 0 Å². The fourth-order valence-electron chi connectivity index (χ4n) is 2.71. The average Bonchev–Trinajstić information content (AvgIpc) is 3.00. The van der Waals surface area contributed by atoms with Crippen LogP contribution in [0.2, 0.25) is 0 Å². The van der Waals surface area contributed by atoms with Gasteiger partial charge in [0.15, 0.2) is 10.9 Å². The third kappa shape index (κ3) is 3.46. The Balaban J connectivity index is 1.78. The van der Waals surface area contributed by atoms with Crippen molar-refractivity contribution < 1.29 is 4.79 Å². The number of thiocarbonyl (C=S) groups is 1. The van der Waals surface area contributed by atoms with E-state index in [2.05, 4.69) is 5.10 Å². The van der Waals surface area contributed by atoms with E-state index in [9.17, 15) is 4.79 Å². The molecule has 1 atom stereocenters. The second-order valence-corrected chi connectivity index (χ2v) is 5.87. The number of carbonyl (C=O) groups excluding carboxylic acids is 1. The Kier molecular flexibility index (Phi) is 4.48. The van der Waals surface area contributed by atoms with Crippen LogP contribution in [0.25, 0.3) is 0 Å². The van der Waals surface area contributed by atoms with E-state index in [4.69, 9.17) is 18.0 Å². The molecule has 1 aliphatic rings. The molecular weight excluding hydrogens is 306 g/mol. The van der Waals surface area contributed by atoms with Gasteiger partial charge in [0.1, 0.15) is 0 Å². The number of nitrogens with two attached hydrogens (primary N) is 1. The first-order chi connectivity index (χ1) is 11.1. The monoisotopic (exact) mass is 323 g/mol. The molecule has 1 heterocycles. The summed E-state index contributed by atoms with van der Waals surface area (Å²) in [5.41, 5.74) is 8.42. The van der Waals surface area contributed by atoms with E-state index in [1.165, 1.54) is 0 Å². The van der Waals surface area contributed by atoms with Crippen molar-refractivity contribution in [2.45, 2.75) is 18.9 Å². The van der Waals surface area contributed by atoms with Gasteiger partial charge in [-0.2, -0.15) is 5.10 Å². The van der Waals surface area contributed by atoms with Gasteiger partial charge in [-0.1, -0.05) is 60.7 Å². The maximum Gasteiger partial charge on any atom is 0.187 e. The number of rotatable bonds is 4. The van der Waals surface area contributed by atoms with Gasteiger partial charge in [0.05, 0.1) is 11.8 Å². The van der Waals surface area contributed by atoms with E-state index in [-0.39, 0.29) is 16.9 Å². The molecule has 0 saturated carbocycles. The summed E-state index contributed by atoms with van der Waals surface area (Å²) in [4.78, 5) is 12.5. The van der Waals surface area contributed by atoms with Crippen molar-refractivity contribution in [3.63, 3.8) is 0 Å². The molecule has 0 amide bonds. The maximum atomic E-state index is 12.5. The van der Waals surface area contributed by atoms with Crippen LogP contribution in [0.3, 0.4) is 0 Å². The zero-order valence-corrected chi connectivity index (χ0v) is 13.4. The third-order valence-electron chi connectivity index (χ3n) is 3.85. The van der Waals surface area contributed by atoms with Gasteiger partial charge in [0.25, 0.3) is 0 Å². The number of hydrogen-bond acceptors (Lipinski definition) is 3. The number of hydrazone groups is 1. The summed E-state index contributed by atoms with van der Waals surface area (Å²) in [6.07, 6.45) is 0.987. The maximum absolute atomic E-state index is 12.5. The molecule has 116 valence electrons. The van der Waals surface area contributed by atoms with Crippen molar-refractivity contribution in [1.29, 1.82) is 0 Å². The number of nitrogens with zero attached hydrogens (tertiary/aromatic N) is 2. The second-order valence-electron chi connectivity index (χ2n) is 5.45. The standard InChI is InChI=1S/C18H17N3OS/c19-18(23)21-15(12-17(22)14-9-5-2-6-10-14)11-16(20-21)13-7-3-1-4-8-13/h1-10,15H,11-12H2,(H2,19,23). The van der Waals surface area contributed by atoms with Crippen LogP contribution >= 0.6 is 12.2 Å². The highest BCUT2D eigenvalue weighted by molar-refractivity contribution is 7.80. The van der Waals surface area contributed by atoms with Gasteiger partial charge in [-0.3, -0.25) is 4.79 Å². The second kappa shape index (κ2) is 6.71. The van der Waals surface area contributed by atoms with Gasteiger partial charge < -0.3 is 5.73 Å². The SMILES string of the molecule is NC(=S)N1N=C(c2ccccc2)CC1CC(=O)c1ccccc1. The minimum absolute atomic E-state index is 0.0707. The molecule has 0 saturated heterocycles. The lowest BCUT2D eigenvalue weighted by molar-refractivity contribution is 0.0956. The molecule has 23 heavy (non-hydrogen) atoms. The lowest BCUT2D eigenvalue weighted by Crippen LogP contribution is -2.37. The predicted molar refractivity (Wildman–Crippen MR) is 95.4 cm³/mol. The normalized spacial score (nSPS) is 17.0. The molecule has 3 rings (SSSR count). The summed E-state index contributed by atoms with van der Waals surface area (Å²) >= 11 is 5.09. The molecule has 1 aliphatic heterocycles. The van der Waals surface area contributed by atoms with Gasteiger partial charge in [-0.25, -0.2) is 5.01 Å². The van der Waals surface area contributed by atoms with Crippen molar-refractivity contribution in [3.8, 4) is 0 Å². The zero-order valence-electron chi connectivity index (χ0n) is 12.6. The highest BCUT2D eigenvalue weighted by Crippen LogP contribution is 2.23. The summed E-state index contributed by atoms with van der Waals surface area (Å²) in [6, 6.07) is 19.0. The third-order valence-corrected chi connectivity index (χ3v) is 4.04. The minimum Gasteiger partial charge on any atom is -0.375 e. The van der Waals surface area contributed by atoms with Crippen LogP contribution in [-0.4, -0.2) is 27.7 Å². The molecule has 0 aliphatic carbocycles. The van der Waals surface area contributed by atoms with Crippen molar-refractivity contribution in [1.82, 2.24) is 5.01 Å². The number of hydrogen-bond donors (Lipinski definition) is 1. The summed E-state index contributed by atoms with van der Waals surface area (Å²) in [7, 11) is 0. The Hall–Kier alpha value is -2.53. The molecular formula is C18H17N3OS. The average molecular weight is 323 g/mol. The van der Waals surface area contributed by atoms with Crippen molar-refractivity contribution >= 4 is 28.8 Å². The highest BCUT2D eigenvalue weighted by atomic mass is 32.1. The quantitative estimate of drug-likeness (QED) is 0.694. The molecule has 0 bridgehead atoms. The fourth-order valence-corrected chi connectivity index (χ4v) is 2.90. The number of benzene rings is 2. The number of Topliss-reactive ketones (excluding diaryl/α,β-unsaturated/α-hetero) is 1. The summed E-state index contributed by atoms with van der Waals surface area (Å²) in [5, 5.41) is 6.31. The predicted octanol–water partition coefficient (Wildman–Crippen LogP) is 2.98. The Morgan fingerprint density at radius 2 is 1.74 bits per heavy atom. The summed E-state index contributed by atoms with van der Waals surface area (Å²) in [5.74, 6) is 0.0707. The van der Waals surface area contributed by atoms with Gasteiger partial charge >= 0.3 is 0 Å².